The summed E-state index contributed by atoms with van der Waals surface area (Å²) in [6.45, 7) is 15.3. The summed E-state index contributed by atoms with van der Waals surface area (Å²) in [5, 5.41) is -0.239. The van der Waals surface area contributed by atoms with Gasteiger partial charge in [-0.15, -0.1) is 0 Å². The van der Waals surface area contributed by atoms with Crippen LogP contribution in [0.15, 0.2) is 24.3 Å². The maximum Gasteiger partial charge on any atom is 0.426 e. The average Bonchev–Trinajstić information content (AvgIpc) is 2.91. The fraction of sp³-hybridized carbons (Fsp3) is 0.682. The molecule has 1 heterocycles. The molecule has 0 spiro atoms. The summed E-state index contributed by atoms with van der Waals surface area (Å²) in [5.74, 6) is -3.03. The van der Waals surface area contributed by atoms with E-state index in [0.717, 1.165) is 6.92 Å². The Morgan fingerprint density at radius 2 is 1.61 bits per heavy atom. The minimum absolute atomic E-state index is 0.184. The van der Waals surface area contributed by atoms with Gasteiger partial charge in [-0.1, -0.05) is 45.0 Å². The Morgan fingerprint density at radius 3 is 2.03 bits per heavy atom. The zero-order chi connectivity index (χ0) is 25.6. The summed E-state index contributed by atoms with van der Waals surface area (Å²) < 4.78 is 70.2. The van der Waals surface area contributed by atoms with Crippen molar-refractivity contribution in [2.75, 3.05) is 6.61 Å². The maximum atomic E-state index is 13.7. The second-order valence-corrected chi connectivity index (χ2v) is 17.1. The first kappa shape index (κ1) is 27.7. The van der Waals surface area contributed by atoms with Crippen LogP contribution in [0.4, 0.5) is 13.6 Å². The lowest BCUT2D eigenvalue weighted by molar-refractivity contribution is 0.0173. The van der Waals surface area contributed by atoms with E-state index < -0.39 is 48.4 Å². The number of benzene rings is 1. The molecular weight excluding hydrogens is 472 g/mol. The third kappa shape index (κ3) is 6.52. The molecule has 1 amide bonds. The normalized spacial score (nSPS) is 20.6. The van der Waals surface area contributed by atoms with Crippen LogP contribution in [0.5, 0.6) is 0 Å². The van der Waals surface area contributed by atoms with Gasteiger partial charge in [0.25, 0.3) is 5.92 Å². The predicted octanol–water partition coefficient (Wildman–Crippen LogP) is 5.74. The highest BCUT2D eigenvalue weighted by atomic mass is 32.2. The van der Waals surface area contributed by atoms with Crippen molar-refractivity contribution < 1.29 is 35.3 Å². The van der Waals surface area contributed by atoms with Crippen molar-refractivity contribution in [2.45, 2.75) is 90.3 Å². The smallest absolute Gasteiger partial charge is 0.426 e. The van der Waals surface area contributed by atoms with Crippen LogP contribution in [0, 0.1) is 0 Å². The summed E-state index contributed by atoms with van der Waals surface area (Å²) in [4.78, 5) is 12.9. The van der Waals surface area contributed by atoms with Crippen LogP contribution in [-0.2, 0) is 29.6 Å². The van der Waals surface area contributed by atoms with Crippen LogP contribution in [0.3, 0.4) is 0 Å². The molecule has 0 aliphatic carbocycles. The van der Waals surface area contributed by atoms with E-state index in [9.17, 15) is 22.0 Å². The fourth-order valence-electron chi connectivity index (χ4n) is 3.02. The molecule has 7 nitrogen and oxygen atoms in total. The van der Waals surface area contributed by atoms with Crippen LogP contribution in [0.25, 0.3) is 0 Å². The third-order valence-electron chi connectivity index (χ3n) is 5.83. The first-order valence-corrected chi connectivity index (χ1v) is 15.0. The lowest BCUT2D eigenvalue weighted by Crippen LogP contribution is -2.50. The number of amides is 1. The van der Waals surface area contributed by atoms with Gasteiger partial charge in [-0.3, -0.25) is 4.18 Å². The predicted molar refractivity (Wildman–Crippen MR) is 124 cm³/mol. The van der Waals surface area contributed by atoms with Gasteiger partial charge in [-0.2, -0.15) is 12.7 Å². The Morgan fingerprint density at radius 1 is 1.09 bits per heavy atom. The number of nitrogens with zero attached hydrogens (tertiary/aromatic N) is 1. The highest BCUT2D eigenvalue weighted by Gasteiger charge is 2.51. The molecule has 188 valence electrons. The number of rotatable bonds is 5. The van der Waals surface area contributed by atoms with Crippen molar-refractivity contribution in [1.82, 2.24) is 4.31 Å². The van der Waals surface area contributed by atoms with Crippen molar-refractivity contribution in [1.29, 1.82) is 0 Å². The number of alkyl halides is 2. The summed E-state index contributed by atoms with van der Waals surface area (Å²) in [6.07, 6.45) is -2.01. The van der Waals surface area contributed by atoms with E-state index in [4.69, 9.17) is 13.3 Å². The summed E-state index contributed by atoms with van der Waals surface area (Å²) in [6, 6.07) is 4.44. The second kappa shape index (κ2) is 8.90. The summed E-state index contributed by atoms with van der Waals surface area (Å²) in [7, 11) is -6.91. The SMILES string of the molecule is CC(C)(C)OC(=O)N1[C@@H]([C@@H](O[Si](C)(C)C(C)(C)C)c2ccc(C(C)(F)F)cc2)COS1(=O)=O. The van der Waals surface area contributed by atoms with E-state index >= 15 is 0 Å². The number of carbonyl (C=O) groups is 1. The lowest BCUT2D eigenvalue weighted by atomic mass is 10.00. The van der Waals surface area contributed by atoms with Gasteiger partial charge in [-0.05, 0) is 44.5 Å². The largest absolute Gasteiger partial charge is 0.443 e. The molecule has 0 aromatic heterocycles. The van der Waals surface area contributed by atoms with E-state index in [1.165, 1.54) is 24.3 Å². The summed E-state index contributed by atoms with van der Waals surface area (Å²) in [5.41, 5.74) is -0.659. The number of ether oxygens (including phenoxy) is 1. The van der Waals surface area contributed by atoms with E-state index in [-0.39, 0.29) is 17.2 Å². The number of carbonyl (C=O) groups excluding carboxylic acids is 1. The maximum absolute atomic E-state index is 13.7. The molecule has 0 unspecified atom stereocenters. The molecule has 33 heavy (non-hydrogen) atoms. The topological polar surface area (TPSA) is 82.1 Å². The van der Waals surface area contributed by atoms with Crippen LogP contribution in [0.1, 0.15) is 65.7 Å². The Bertz CT molecular complexity index is 963. The van der Waals surface area contributed by atoms with Gasteiger partial charge >= 0.3 is 16.4 Å². The van der Waals surface area contributed by atoms with Crippen molar-refractivity contribution >= 4 is 24.7 Å². The van der Waals surface area contributed by atoms with Crippen LogP contribution in [0.2, 0.25) is 18.1 Å². The number of hydrogen-bond donors (Lipinski definition) is 0. The molecule has 1 fully saturated rings. The number of halogens is 2. The van der Waals surface area contributed by atoms with Crippen molar-refractivity contribution in [3.05, 3.63) is 35.4 Å². The highest BCUT2D eigenvalue weighted by Crippen LogP contribution is 2.43. The van der Waals surface area contributed by atoms with Crippen molar-refractivity contribution in [3.63, 3.8) is 0 Å². The van der Waals surface area contributed by atoms with Gasteiger partial charge < -0.3 is 9.16 Å². The van der Waals surface area contributed by atoms with E-state index in [1.54, 1.807) is 20.8 Å². The first-order valence-electron chi connectivity index (χ1n) is 10.7. The zero-order valence-corrected chi connectivity index (χ0v) is 22.5. The fourth-order valence-corrected chi connectivity index (χ4v) is 5.45. The van der Waals surface area contributed by atoms with E-state index in [2.05, 4.69) is 0 Å². The summed E-state index contributed by atoms with van der Waals surface area (Å²) >= 11 is 0. The van der Waals surface area contributed by atoms with Gasteiger partial charge in [0.1, 0.15) is 11.6 Å². The second-order valence-electron chi connectivity index (χ2n) is 10.9. The molecule has 0 N–H and O–H groups in total. The molecule has 1 aliphatic rings. The molecule has 2 atom stereocenters. The molecule has 1 aliphatic heterocycles. The molecule has 11 heteroatoms. The number of hydrogen-bond acceptors (Lipinski definition) is 6. The minimum Gasteiger partial charge on any atom is -0.443 e. The monoisotopic (exact) mass is 507 g/mol. The molecule has 0 radical (unpaired) electrons. The van der Waals surface area contributed by atoms with Crippen LogP contribution >= 0.6 is 0 Å². The Kier molecular flexibility index (Phi) is 7.47. The van der Waals surface area contributed by atoms with Crippen LogP contribution < -0.4 is 0 Å². The molecule has 1 saturated heterocycles. The average molecular weight is 508 g/mol. The zero-order valence-electron chi connectivity index (χ0n) is 20.7. The van der Waals surface area contributed by atoms with Gasteiger partial charge in [-0.25, -0.2) is 13.6 Å². The quantitative estimate of drug-likeness (QED) is 0.473. The molecule has 0 saturated carbocycles. The van der Waals surface area contributed by atoms with Crippen LogP contribution in [-0.4, -0.2) is 45.4 Å². The van der Waals surface area contributed by atoms with E-state index in [0.29, 0.717) is 9.87 Å². The van der Waals surface area contributed by atoms with Crippen molar-refractivity contribution in [2.24, 2.45) is 0 Å². The highest BCUT2D eigenvalue weighted by molar-refractivity contribution is 7.85. The molecular formula is C22H35F2NO6SSi. The van der Waals surface area contributed by atoms with Gasteiger partial charge in [0.15, 0.2) is 8.32 Å². The molecule has 1 aromatic carbocycles. The lowest BCUT2D eigenvalue weighted by Gasteiger charge is -2.41. The van der Waals surface area contributed by atoms with Crippen molar-refractivity contribution in [3.8, 4) is 0 Å². The minimum atomic E-state index is -4.41. The molecule has 2 rings (SSSR count). The first-order chi connectivity index (χ1) is 14.7. The Balaban J connectivity index is 2.57. The van der Waals surface area contributed by atoms with Gasteiger partial charge in [0.05, 0.1) is 12.7 Å². The van der Waals surface area contributed by atoms with Gasteiger partial charge in [0.2, 0.25) is 0 Å². The Labute approximate surface area is 196 Å². The molecule has 0 bridgehead atoms. The molecule has 1 aromatic rings. The van der Waals surface area contributed by atoms with E-state index in [1.807, 2.05) is 33.9 Å². The third-order valence-corrected chi connectivity index (χ3v) is 11.6. The van der Waals surface area contributed by atoms with Gasteiger partial charge in [0, 0.05) is 12.5 Å². The Hall–Kier alpha value is -1.56. The standard InChI is InChI=1S/C22H35F2NO6SSi/c1-20(2,3)30-19(26)25-17(14-29-32(25,27)28)18(31-33(8,9)21(4,5)6)15-10-12-16(13-11-15)22(7,23)24/h10-13,17-18H,14H2,1-9H3/t17-,18+/m1/s1.